The van der Waals surface area contributed by atoms with Crippen LogP contribution < -0.4 is 9.47 Å². The molecule has 8 aliphatic carbocycles. The van der Waals surface area contributed by atoms with Gasteiger partial charge in [0.2, 0.25) is 0 Å². The minimum absolute atomic E-state index is 0. The highest BCUT2D eigenvalue weighted by atomic mass is 32.2. The lowest BCUT2D eigenvalue weighted by Crippen LogP contribution is -2.31. The molecule has 368 valence electrons. The number of thioether (sulfide) groups is 4. The zero-order chi connectivity index (χ0) is 44.3. The van der Waals surface area contributed by atoms with Crippen molar-refractivity contribution in [2.45, 2.75) is 159 Å². The summed E-state index contributed by atoms with van der Waals surface area (Å²) < 4.78 is 23.3. The van der Waals surface area contributed by atoms with Gasteiger partial charge in [0, 0.05) is 48.1 Å². The summed E-state index contributed by atoms with van der Waals surface area (Å²) in [6, 6.07) is 15.5. The molecule has 6 bridgehead atoms. The number of carbonyl (C=O) groups excluding carboxylic acids is 2. The van der Waals surface area contributed by atoms with Crippen LogP contribution in [0.5, 0.6) is 11.5 Å². The Hall–Kier alpha value is -1.30. The second-order valence-electron chi connectivity index (χ2n) is 21.2. The summed E-state index contributed by atoms with van der Waals surface area (Å²) in [5.74, 6) is 13.9. The Kier molecular flexibility index (Phi) is 19.3. The van der Waals surface area contributed by atoms with Gasteiger partial charge in [-0.3, -0.25) is 9.59 Å². The maximum Gasteiger partial charge on any atom is 0.308 e. The molecule has 8 aliphatic rings. The summed E-state index contributed by atoms with van der Waals surface area (Å²) in [5, 5.41) is 3.54. The molecule has 0 aromatic heterocycles. The summed E-state index contributed by atoms with van der Waals surface area (Å²) in [7, 11) is 1.66. The topological polar surface area (TPSA) is 71.1 Å². The maximum absolute atomic E-state index is 11.6. The van der Waals surface area contributed by atoms with Crippen LogP contribution in [0.2, 0.25) is 0 Å². The normalized spacial score (nSPS) is 36.5. The molecule has 17 unspecified atom stereocenters. The highest BCUT2D eigenvalue weighted by Crippen LogP contribution is 2.62. The van der Waals surface area contributed by atoms with E-state index in [1.54, 1.807) is 37.9 Å². The summed E-state index contributed by atoms with van der Waals surface area (Å²) >= 11 is 8.31. The lowest BCUT2D eigenvalue weighted by Gasteiger charge is -2.33. The number of benzene rings is 2. The summed E-state index contributed by atoms with van der Waals surface area (Å²) in [6.45, 7) is 7.64. The van der Waals surface area contributed by atoms with Gasteiger partial charge < -0.3 is 18.9 Å². The lowest BCUT2D eigenvalue weighted by atomic mass is 9.80. The first-order chi connectivity index (χ1) is 31.1. The van der Waals surface area contributed by atoms with E-state index in [1.807, 2.05) is 36.4 Å². The predicted molar refractivity (Wildman–Crippen MR) is 282 cm³/mol. The molecular formula is C56H84O6S4. The molecule has 10 heteroatoms. The molecule has 0 saturated heterocycles. The van der Waals surface area contributed by atoms with Crippen molar-refractivity contribution in [2.24, 2.45) is 65.1 Å². The van der Waals surface area contributed by atoms with E-state index in [9.17, 15) is 9.59 Å². The standard InChI is InChI=1S/C38H60O3S4.C16H16O3.2CH4/c1-21(43-8-4-6-40-37-16-25-14-34(37)32-20-27(19-30(25)32)45-22(2)39)28-10-23-11-35(28)38(12-23)44-9-5-7-41-36-15-24-13-33(36)31-18-26(42-3)17-29(24)31;1-12(17)19-16-9-5-14(6-10-16)11-13-3-7-15(18-2)8-4-13;;/h21,23-38H,4-20H2,1-3H3;3-10H,11H2,1-2H3;2*1H4. The van der Waals surface area contributed by atoms with Crippen LogP contribution in [0, 0.1) is 65.1 Å². The molecule has 0 N–H and O–H groups in total. The smallest absolute Gasteiger partial charge is 0.308 e. The van der Waals surface area contributed by atoms with Crippen molar-refractivity contribution in [1.82, 2.24) is 0 Å². The molecule has 0 amide bonds. The van der Waals surface area contributed by atoms with Crippen LogP contribution in [0.25, 0.3) is 0 Å². The lowest BCUT2D eigenvalue weighted by molar-refractivity contribution is -0.131. The molecule has 0 heterocycles. The third-order valence-electron chi connectivity index (χ3n) is 17.5. The molecular weight excluding hydrogens is 897 g/mol. The van der Waals surface area contributed by atoms with Crippen LogP contribution >= 0.6 is 47.0 Å². The van der Waals surface area contributed by atoms with Crippen molar-refractivity contribution in [3.63, 3.8) is 0 Å². The number of methoxy groups -OCH3 is 1. The van der Waals surface area contributed by atoms with E-state index in [4.69, 9.17) is 18.9 Å². The van der Waals surface area contributed by atoms with Crippen molar-refractivity contribution in [3.05, 3.63) is 59.7 Å². The average Bonchev–Trinajstić information content (AvgIpc) is 4.15. The first-order valence-electron chi connectivity index (χ1n) is 25.2. The third kappa shape index (κ3) is 12.4. The van der Waals surface area contributed by atoms with Gasteiger partial charge in [0.15, 0.2) is 5.12 Å². The van der Waals surface area contributed by atoms with Gasteiger partial charge in [-0.1, -0.05) is 57.8 Å². The van der Waals surface area contributed by atoms with Gasteiger partial charge in [0.25, 0.3) is 0 Å². The van der Waals surface area contributed by atoms with Gasteiger partial charge >= 0.3 is 5.97 Å². The molecule has 6 nitrogen and oxygen atoms in total. The first-order valence-corrected chi connectivity index (χ1v) is 29.5. The SMILES string of the molecule is C.C.COc1ccc(Cc2ccc(OC(C)=O)cc2)cc1.CSC1CC2C3CC(OCCCSC4CC5CC(C(C)SCCCOC6CC7CC6C6CC(SC(C)=O)CC76)C4C5)C(C3)C2C1. The van der Waals surface area contributed by atoms with Gasteiger partial charge in [0.05, 0.1) is 19.3 Å². The van der Waals surface area contributed by atoms with Gasteiger partial charge in [-0.05, 0) is 208 Å². The van der Waals surface area contributed by atoms with Crippen LogP contribution in [0.15, 0.2) is 48.5 Å². The molecule has 0 aliphatic heterocycles. The molecule has 8 saturated carbocycles. The van der Waals surface area contributed by atoms with Crippen LogP contribution in [0.1, 0.15) is 130 Å². The highest BCUT2D eigenvalue weighted by Gasteiger charge is 2.57. The Morgan fingerprint density at radius 1 is 0.636 bits per heavy atom. The second kappa shape index (κ2) is 24.2. The van der Waals surface area contributed by atoms with Crippen LogP contribution in [0.4, 0.5) is 0 Å². The average molecular weight is 982 g/mol. The molecule has 17 atom stereocenters. The maximum atomic E-state index is 11.6. The van der Waals surface area contributed by atoms with Gasteiger partial charge in [0.1, 0.15) is 11.5 Å². The fourth-order valence-corrected chi connectivity index (χ4v) is 19.6. The first kappa shape index (κ1) is 52.5. The van der Waals surface area contributed by atoms with Crippen LogP contribution in [-0.2, 0) is 25.5 Å². The molecule has 0 radical (unpaired) electrons. The second-order valence-corrected chi connectivity index (χ2v) is 26.6. The molecule has 10 rings (SSSR count). The monoisotopic (exact) mass is 981 g/mol. The zero-order valence-corrected chi connectivity index (χ0v) is 42.5. The third-order valence-corrected chi connectivity index (χ3v) is 22.5. The number of rotatable bonds is 19. The van der Waals surface area contributed by atoms with Gasteiger partial charge in [-0.25, -0.2) is 0 Å². The van der Waals surface area contributed by atoms with E-state index in [2.05, 4.69) is 48.5 Å². The quantitative estimate of drug-likeness (QED) is 0.0772. The number of hydrogen-bond donors (Lipinski definition) is 0. The largest absolute Gasteiger partial charge is 0.497 e. The van der Waals surface area contributed by atoms with Crippen molar-refractivity contribution in [2.75, 3.05) is 38.1 Å². The molecule has 66 heavy (non-hydrogen) atoms. The molecule has 2 aromatic rings. The number of esters is 1. The minimum atomic E-state index is -0.303. The minimum Gasteiger partial charge on any atom is -0.497 e. The van der Waals surface area contributed by atoms with E-state index in [1.165, 1.54) is 113 Å². The Labute approximate surface area is 417 Å². The fraction of sp³-hybridized carbons (Fsp3) is 0.750. The van der Waals surface area contributed by atoms with E-state index in [0.717, 1.165) is 106 Å². The van der Waals surface area contributed by atoms with Crippen LogP contribution in [-0.4, -0.2) is 82.4 Å². The molecule has 2 aromatic carbocycles. The van der Waals surface area contributed by atoms with E-state index < -0.39 is 0 Å². The summed E-state index contributed by atoms with van der Waals surface area (Å²) in [4.78, 5) is 22.5. The van der Waals surface area contributed by atoms with Crippen molar-refractivity contribution in [1.29, 1.82) is 0 Å². The molecule has 0 spiro atoms. The molecule has 8 fully saturated rings. The van der Waals surface area contributed by atoms with E-state index >= 15 is 0 Å². The van der Waals surface area contributed by atoms with E-state index in [0.29, 0.717) is 28.3 Å². The van der Waals surface area contributed by atoms with E-state index in [-0.39, 0.29) is 20.8 Å². The van der Waals surface area contributed by atoms with Crippen molar-refractivity contribution < 1.29 is 28.5 Å². The number of fused-ring (bicyclic) bond motifs is 12. The number of ether oxygens (including phenoxy) is 4. The Morgan fingerprint density at radius 3 is 1.76 bits per heavy atom. The van der Waals surface area contributed by atoms with Crippen molar-refractivity contribution >= 4 is 58.1 Å². The zero-order valence-electron chi connectivity index (χ0n) is 39.2. The Balaban J connectivity index is 0.000000261. The fourth-order valence-electron chi connectivity index (χ4n) is 14.9. The van der Waals surface area contributed by atoms with Crippen molar-refractivity contribution in [3.8, 4) is 11.5 Å². The van der Waals surface area contributed by atoms with Gasteiger partial charge in [-0.2, -0.15) is 35.3 Å². The number of hydrogen-bond acceptors (Lipinski definition) is 10. The Morgan fingerprint density at radius 2 is 1.20 bits per heavy atom. The van der Waals surface area contributed by atoms with Crippen LogP contribution in [0.3, 0.4) is 0 Å². The van der Waals surface area contributed by atoms with Gasteiger partial charge in [-0.15, -0.1) is 0 Å². The Bertz CT molecular complexity index is 1840. The summed E-state index contributed by atoms with van der Waals surface area (Å²) in [6.07, 6.45) is 22.3. The predicted octanol–water partition coefficient (Wildman–Crippen LogP) is 13.8. The highest BCUT2D eigenvalue weighted by molar-refractivity contribution is 8.14. The summed E-state index contributed by atoms with van der Waals surface area (Å²) in [5.41, 5.74) is 2.38. The number of carbonyl (C=O) groups is 2.